The molecule has 2 heterocycles. The highest BCUT2D eigenvalue weighted by Gasteiger charge is 2.52. The maximum absolute atomic E-state index is 13.3. The number of rotatable bonds is 4. The molecule has 0 unspecified atom stereocenters. The predicted molar refractivity (Wildman–Crippen MR) is 97.9 cm³/mol. The molecule has 1 N–H and O–H groups in total. The quantitative estimate of drug-likeness (QED) is 0.916. The SMILES string of the molecule is CO[C@@H]1CC[C@@]2(OC)CCN(C(=O)c3cccc(-c4cn[nH]c4)c3)[C@H]2C1. The van der Waals surface area contributed by atoms with Crippen LogP contribution in [0.25, 0.3) is 11.1 Å². The molecule has 6 nitrogen and oxygen atoms in total. The van der Waals surface area contributed by atoms with Crippen LogP contribution < -0.4 is 0 Å². The molecule has 0 spiro atoms. The molecule has 1 amide bonds. The van der Waals surface area contributed by atoms with Crippen molar-refractivity contribution in [3.8, 4) is 11.1 Å². The molecule has 1 aromatic heterocycles. The van der Waals surface area contributed by atoms with Crippen molar-refractivity contribution in [3.05, 3.63) is 42.2 Å². The Hall–Kier alpha value is -2.18. The highest BCUT2D eigenvalue weighted by Crippen LogP contribution is 2.43. The first-order valence-electron chi connectivity index (χ1n) is 9.15. The lowest BCUT2D eigenvalue weighted by molar-refractivity contribution is -0.0893. The number of H-pyrrole nitrogens is 1. The number of hydrogen-bond acceptors (Lipinski definition) is 4. The van der Waals surface area contributed by atoms with E-state index < -0.39 is 0 Å². The summed E-state index contributed by atoms with van der Waals surface area (Å²) >= 11 is 0. The Balaban J connectivity index is 1.61. The van der Waals surface area contributed by atoms with Crippen LogP contribution in [0, 0.1) is 0 Å². The first-order chi connectivity index (χ1) is 12.7. The van der Waals surface area contributed by atoms with Gasteiger partial charge in [0.25, 0.3) is 5.91 Å². The number of likely N-dealkylation sites (tertiary alicyclic amines) is 1. The average molecular weight is 355 g/mol. The first kappa shape index (κ1) is 17.2. The summed E-state index contributed by atoms with van der Waals surface area (Å²) in [4.78, 5) is 15.3. The minimum atomic E-state index is -0.229. The molecule has 1 saturated heterocycles. The summed E-state index contributed by atoms with van der Waals surface area (Å²) in [6.45, 7) is 0.726. The number of amides is 1. The van der Waals surface area contributed by atoms with Crippen LogP contribution in [0.5, 0.6) is 0 Å². The fraction of sp³-hybridized carbons (Fsp3) is 0.500. The molecule has 3 atom stereocenters. The van der Waals surface area contributed by atoms with Gasteiger partial charge in [-0.15, -0.1) is 0 Å². The second-order valence-corrected chi connectivity index (χ2v) is 7.23. The number of ether oxygens (including phenoxy) is 2. The van der Waals surface area contributed by atoms with E-state index in [1.54, 1.807) is 20.4 Å². The summed E-state index contributed by atoms with van der Waals surface area (Å²) in [6.07, 6.45) is 7.42. The summed E-state index contributed by atoms with van der Waals surface area (Å²) in [5.74, 6) is 0.0658. The third-order valence-corrected chi connectivity index (χ3v) is 6.08. The molecular formula is C20H25N3O3. The molecule has 1 aliphatic carbocycles. The van der Waals surface area contributed by atoms with E-state index in [9.17, 15) is 4.79 Å². The van der Waals surface area contributed by atoms with Gasteiger partial charge in [0.2, 0.25) is 0 Å². The molecule has 26 heavy (non-hydrogen) atoms. The molecule has 1 aromatic carbocycles. The van der Waals surface area contributed by atoms with Crippen molar-refractivity contribution in [2.24, 2.45) is 0 Å². The molecule has 0 radical (unpaired) electrons. The van der Waals surface area contributed by atoms with Gasteiger partial charge in [0.15, 0.2) is 0 Å². The molecule has 6 heteroatoms. The second kappa shape index (κ2) is 6.85. The Morgan fingerprint density at radius 3 is 2.92 bits per heavy atom. The molecule has 0 bridgehead atoms. The standard InChI is InChI=1S/C20H25N3O3/c1-25-17-6-7-20(26-2)8-9-23(18(20)11-17)19(24)15-5-3-4-14(10-15)16-12-21-22-13-16/h3-5,10,12-13,17-18H,6-9,11H2,1-2H3,(H,21,22)/t17-,18+,20-/m1/s1. The molecule has 4 rings (SSSR count). The van der Waals surface area contributed by atoms with Crippen molar-refractivity contribution in [3.63, 3.8) is 0 Å². The van der Waals surface area contributed by atoms with Gasteiger partial charge in [-0.2, -0.15) is 5.10 Å². The van der Waals surface area contributed by atoms with Crippen molar-refractivity contribution in [1.29, 1.82) is 0 Å². The zero-order valence-electron chi connectivity index (χ0n) is 15.3. The van der Waals surface area contributed by atoms with E-state index in [2.05, 4.69) is 10.2 Å². The summed E-state index contributed by atoms with van der Waals surface area (Å²) in [5.41, 5.74) is 2.44. The highest BCUT2D eigenvalue weighted by molar-refractivity contribution is 5.96. The lowest BCUT2D eigenvalue weighted by Gasteiger charge is -2.43. The third-order valence-electron chi connectivity index (χ3n) is 6.08. The van der Waals surface area contributed by atoms with Gasteiger partial charge in [-0.1, -0.05) is 12.1 Å². The van der Waals surface area contributed by atoms with Crippen molar-refractivity contribution < 1.29 is 14.3 Å². The fourth-order valence-corrected chi connectivity index (χ4v) is 4.53. The van der Waals surface area contributed by atoms with E-state index >= 15 is 0 Å². The zero-order valence-corrected chi connectivity index (χ0v) is 15.3. The minimum Gasteiger partial charge on any atom is -0.381 e. The van der Waals surface area contributed by atoms with Crippen LogP contribution in [0.1, 0.15) is 36.0 Å². The normalized spacial score (nSPS) is 28.2. The van der Waals surface area contributed by atoms with Crippen LogP contribution in [-0.2, 0) is 9.47 Å². The average Bonchev–Trinajstić information content (AvgIpc) is 3.35. The minimum absolute atomic E-state index is 0.0658. The fourth-order valence-electron chi connectivity index (χ4n) is 4.53. The van der Waals surface area contributed by atoms with E-state index in [1.165, 1.54) is 0 Å². The summed E-state index contributed by atoms with van der Waals surface area (Å²) in [6, 6.07) is 7.81. The second-order valence-electron chi connectivity index (χ2n) is 7.23. The van der Waals surface area contributed by atoms with E-state index in [0.29, 0.717) is 5.56 Å². The Morgan fingerprint density at radius 1 is 1.31 bits per heavy atom. The van der Waals surface area contributed by atoms with Crippen molar-refractivity contribution >= 4 is 5.91 Å². The van der Waals surface area contributed by atoms with Gasteiger partial charge >= 0.3 is 0 Å². The third kappa shape index (κ3) is 2.83. The van der Waals surface area contributed by atoms with Crippen molar-refractivity contribution in [2.75, 3.05) is 20.8 Å². The van der Waals surface area contributed by atoms with Crippen LogP contribution in [0.15, 0.2) is 36.7 Å². The summed E-state index contributed by atoms with van der Waals surface area (Å²) in [7, 11) is 3.52. The molecular weight excluding hydrogens is 330 g/mol. The van der Waals surface area contributed by atoms with Gasteiger partial charge < -0.3 is 14.4 Å². The number of carbonyl (C=O) groups excluding carboxylic acids is 1. The van der Waals surface area contributed by atoms with Crippen LogP contribution in [0.4, 0.5) is 0 Å². The Labute approximate surface area is 153 Å². The van der Waals surface area contributed by atoms with E-state index in [4.69, 9.17) is 9.47 Å². The molecule has 138 valence electrons. The lowest BCUT2D eigenvalue weighted by atomic mass is 9.79. The van der Waals surface area contributed by atoms with Crippen LogP contribution >= 0.6 is 0 Å². The maximum Gasteiger partial charge on any atom is 0.254 e. The topological polar surface area (TPSA) is 67.5 Å². The molecule has 1 aliphatic heterocycles. The number of fused-ring (bicyclic) bond motifs is 1. The number of methoxy groups -OCH3 is 2. The number of nitrogens with one attached hydrogen (secondary N) is 1. The van der Waals surface area contributed by atoms with Gasteiger partial charge in [-0.05, 0) is 43.4 Å². The molecule has 2 aliphatic rings. The number of benzene rings is 1. The van der Waals surface area contributed by atoms with E-state index in [1.807, 2.05) is 35.4 Å². The van der Waals surface area contributed by atoms with Crippen LogP contribution in [0.2, 0.25) is 0 Å². The monoisotopic (exact) mass is 355 g/mol. The van der Waals surface area contributed by atoms with Gasteiger partial charge in [-0.25, -0.2) is 0 Å². The van der Waals surface area contributed by atoms with Gasteiger partial charge in [-0.3, -0.25) is 9.89 Å². The Kier molecular flexibility index (Phi) is 4.54. The highest BCUT2D eigenvalue weighted by atomic mass is 16.5. The van der Waals surface area contributed by atoms with Crippen LogP contribution in [-0.4, -0.2) is 59.5 Å². The maximum atomic E-state index is 13.3. The molecule has 1 saturated carbocycles. The number of hydrogen-bond donors (Lipinski definition) is 1. The van der Waals surface area contributed by atoms with Crippen molar-refractivity contribution in [1.82, 2.24) is 15.1 Å². The zero-order chi connectivity index (χ0) is 18.1. The summed E-state index contributed by atoms with van der Waals surface area (Å²) in [5, 5.41) is 6.81. The number of carbonyl (C=O) groups is 1. The van der Waals surface area contributed by atoms with Crippen molar-refractivity contribution in [2.45, 2.75) is 43.4 Å². The number of aromatic amines is 1. The lowest BCUT2D eigenvalue weighted by Crippen LogP contribution is -2.53. The van der Waals surface area contributed by atoms with Crippen LogP contribution in [0.3, 0.4) is 0 Å². The number of aromatic nitrogens is 2. The Morgan fingerprint density at radius 2 is 2.19 bits per heavy atom. The summed E-state index contributed by atoms with van der Waals surface area (Å²) < 4.78 is 11.5. The Bertz CT molecular complexity index is 776. The predicted octanol–water partition coefficient (Wildman–Crippen LogP) is 2.88. The smallest absolute Gasteiger partial charge is 0.254 e. The number of nitrogens with zero attached hydrogens (tertiary/aromatic N) is 2. The molecule has 2 fully saturated rings. The molecule has 2 aromatic rings. The van der Waals surface area contributed by atoms with Gasteiger partial charge in [0, 0.05) is 38.1 Å². The van der Waals surface area contributed by atoms with Gasteiger partial charge in [0.1, 0.15) is 0 Å². The van der Waals surface area contributed by atoms with E-state index in [0.717, 1.165) is 43.4 Å². The van der Waals surface area contributed by atoms with Gasteiger partial charge in [0.05, 0.1) is 23.9 Å². The largest absolute Gasteiger partial charge is 0.381 e. The first-order valence-corrected chi connectivity index (χ1v) is 9.15. The van der Waals surface area contributed by atoms with E-state index in [-0.39, 0.29) is 23.7 Å².